The molecule has 0 spiro atoms. The summed E-state index contributed by atoms with van der Waals surface area (Å²) in [6, 6.07) is 4.01. The summed E-state index contributed by atoms with van der Waals surface area (Å²) in [5, 5.41) is 10.9. The number of hydrogen-bond donors (Lipinski definition) is 0. The molecule has 0 unspecified atom stereocenters. The summed E-state index contributed by atoms with van der Waals surface area (Å²) in [5.41, 5.74) is 0.0151. The third-order valence-corrected chi connectivity index (χ3v) is 4.61. The highest BCUT2D eigenvalue weighted by atomic mass is 127. The highest BCUT2D eigenvalue weighted by molar-refractivity contribution is 14.1. The number of nitro benzene ring substituents is 1. The molecule has 1 aliphatic heterocycles. The van der Waals surface area contributed by atoms with Crippen LogP contribution in [0.2, 0.25) is 0 Å². The van der Waals surface area contributed by atoms with Gasteiger partial charge >= 0.3 is 6.18 Å². The largest absolute Gasteiger partial charge is 0.401 e. The Balaban J connectivity index is 2.10. The average molecular weight is 457 g/mol. The van der Waals surface area contributed by atoms with Gasteiger partial charge in [0.2, 0.25) is 0 Å². The summed E-state index contributed by atoms with van der Waals surface area (Å²) in [7, 11) is 0. The van der Waals surface area contributed by atoms with Gasteiger partial charge < -0.3 is 4.90 Å². The Bertz CT molecular complexity index is 639. The Morgan fingerprint density at radius 1 is 1.25 bits per heavy atom. The summed E-state index contributed by atoms with van der Waals surface area (Å²) >= 11 is 1.91. The second-order valence-corrected chi connectivity index (χ2v) is 6.62. The second-order valence-electron chi connectivity index (χ2n) is 5.46. The fourth-order valence-electron chi connectivity index (χ4n) is 2.55. The Morgan fingerprint density at radius 3 is 2.58 bits per heavy atom. The first-order valence-corrected chi connectivity index (χ1v) is 8.27. The van der Waals surface area contributed by atoms with Gasteiger partial charge in [-0.3, -0.25) is 19.8 Å². The summed E-state index contributed by atoms with van der Waals surface area (Å²) in [5.74, 6) is -0.392. The van der Waals surface area contributed by atoms with Crippen molar-refractivity contribution >= 4 is 34.2 Å². The zero-order chi connectivity index (χ0) is 17.9. The first kappa shape index (κ1) is 18.9. The predicted octanol–water partition coefficient (Wildman–Crippen LogP) is 2.91. The molecule has 1 aromatic rings. The van der Waals surface area contributed by atoms with Crippen LogP contribution in [0.1, 0.15) is 16.8 Å². The van der Waals surface area contributed by atoms with Gasteiger partial charge in [-0.2, -0.15) is 13.2 Å². The van der Waals surface area contributed by atoms with Crippen molar-refractivity contribution in [3.8, 4) is 0 Å². The summed E-state index contributed by atoms with van der Waals surface area (Å²) in [6.45, 7) is -0.130. The molecule has 10 heteroatoms. The van der Waals surface area contributed by atoms with Crippen LogP contribution < -0.4 is 0 Å². The van der Waals surface area contributed by atoms with Gasteiger partial charge in [0.1, 0.15) is 0 Å². The molecule has 0 radical (unpaired) electrons. The van der Waals surface area contributed by atoms with E-state index in [1.165, 1.54) is 28.0 Å². The number of amides is 1. The van der Waals surface area contributed by atoms with Gasteiger partial charge in [0.05, 0.1) is 17.0 Å². The van der Waals surface area contributed by atoms with Crippen molar-refractivity contribution in [1.29, 1.82) is 0 Å². The summed E-state index contributed by atoms with van der Waals surface area (Å²) in [6.07, 6.45) is -3.85. The normalized spacial score (nSPS) is 16.8. The molecule has 1 saturated heterocycles. The molecule has 0 saturated carbocycles. The van der Waals surface area contributed by atoms with Gasteiger partial charge in [0, 0.05) is 41.9 Å². The van der Waals surface area contributed by atoms with Crippen molar-refractivity contribution < 1.29 is 22.9 Å². The van der Waals surface area contributed by atoms with Gasteiger partial charge in [-0.15, -0.1) is 0 Å². The summed E-state index contributed by atoms with van der Waals surface area (Å²) < 4.78 is 38.0. The van der Waals surface area contributed by atoms with Crippen LogP contribution in [-0.4, -0.2) is 59.5 Å². The molecule has 132 valence electrons. The molecule has 0 aliphatic carbocycles. The molecule has 0 N–H and O–H groups in total. The Morgan fingerprint density at radius 2 is 1.96 bits per heavy atom. The lowest BCUT2D eigenvalue weighted by molar-refractivity contribution is -0.384. The van der Waals surface area contributed by atoms with Crippen LogP contribution in [0.15, 0.2) is 18.2 Å². The molecular weight excluding hydrogens is 442 g/mol. The number of alkyl halides is 3. The first-order chi connectivity index (χ1) is 11.2. The third-order valence-electron chi connectivity index (χ3n) is 3.67. The molecule has 6 nitrogen and oxygen atoms in total. The van der Waals surface area contributed by atoms with Crippen molar-refractivity contribution in [3.63, 3.8) is 0 Å². The molecule has 24 heavy (non-hydrogen) atoms. The SMILES string of the molecule is O=C(c1cc([N+](=O)[O-])ccc1I)N1CCCN(CC(F)(F)F)CC1. The van der Waals surface area contributed by atoms with E-state index in [1.54, 1.807) is 0 Å². The summed E-state index contributed by atoms with van der Waals surface area (Å²) in [4.78, 5) is 25.6. The number of rotatable bonds is 3. The van der Waals surface area contributed by atoms with Crippen LogP contribution in [0, 0.1) is 13.7 Å². The highest BCUT2D eigenvalue weighted by Crippen LogP contribution is 2.22. The highest BCUT2D eigenvalue weighted by Gasteiger charge is 2.32. The number of hydrogen-bond acceptors (Lipinski definition) is 4. The second kappa shape index (κ2) is 7.64. The van der Waals surface area contributed by atoms with Crippen molar-refractivity contribution in [2.45, 2.75) is 12.6 Å². The van der Waals surface area contributed by atoms with Crippen LogP contribution in [0.5, 0.6) is 0 Å². The molecule has 1 aromatic carbocycles. The lowest BCUT2D eigenvalue weighted by atomic mass is 10.1. The molecular formula is C14H15F3IN3O3. The van der Waals surface area contributed by atoms with Gasteiger partial charge in [0.15, 0.2) is 0 Å². The number of non-ortho nitro benzene ring substituents is 1. The van der Waals surface area contributed by atoms with Crippen molar-refractivity contribution in [1.82, 2.24) is 9.80 Å². The quantitative estimate of drug-likeness (QED) is 0.398. The van der Waals surface area contributed by atoms with E-state index in [1.807, 2.05) is 22.6 Å². The van der Waals surface area contributed by atoms with E-state index in [9.17, 15) is 28.1 Å². The smallest absolute Gasteiger partial charge is 0.337 e. The van der Waals surface area contributed by atoms with Crippen LogP contribution in [0.3, 0.4) is 0 Å². The van der Waals surface area contributed by atoms with Crippen LogP contribution in [0.4, 0.5) is 18.9 Å². The van der Waals surface area contributed by atoms with Crippen LogP contribution in [-0.2, 0) is 0 Å². The lowest BCUT2D eigenvalue weighted by Gasteiger charge is -2.23. The minimum Gasteiger partial charge on any atom is -0.337 e. The zero-order valence-corrected chi connectivity index (χ0v) is 14.7. The predicted molar refractivity (Wildman–Crippen MR) is 88.8 cm³/mol. The first-order valence-electron chi connectivity index (χ1n) is 7.20. The molecule has 0 aromatic heterocycles. The van der Waals surface area contributed by atoms with Crippen molar-refractivity contribution in [2.75, 3.05) is 32.7 Å². The Hall–Kier alpha value is -1.43. The van der Waals surface area contributed by atoms with E-state index in [0.29, 0.717) is 16.5 Å². The molecule has 2 rings (SSSR count). The minimum absolute atomic E-state index is 0.122. The molecule has 0 atom stereocenters. The number of nitro groups is 1. The number of benzene rings is 1. The van der Waals surface area contributed by atoms with Gasteiger partial charge in [-0.25, -0.2) is 0 Å². The van der Waals surface area contributed by atoms with Gasteiger partial charge in [-0.05, 0) is 35.1 Å². The van der Waals surface area contributed by atoms with E-state index in [2.05, 4.69) is 0 Å². The van der Waals surface area contributed by atoms with E-state index >= 15 is 0 Å². The Labute approximate surface area is 149 Å². The monoisotopic (exact) mass is 457 g/mol. The van der Waals surface area contributed by atoms with E-state index < -0.39 is 23.6 Å². The number of halogens is 4. The third kappa shape index (κ3) is 5.03. The van der Waals surface area contributed by atoms with Gasteiger partial charge in [-0.1, -0.05) is 0 Å². The molecule has 1 amide bonds. The van der Waals surface area contributed by atoms with E-state index in [-0.39, 0.29) is 30.9 Å². The van der Waals surface area contributed by atoms with Crippen molar-refractivity contribution in [3.05, 3.63) is 37.4 Å². The maximum atomic E-state index is 12.6. The molecule has 1 heterocycles. The molecule has 1 aliphatic rings. The van der Waals surface area contributed by atoms with Gasteiger partial charge in [0.25, 0.3) is 11.6 Å². The number of carbonyl (C=O) groups is 1. The average Bonchev–Trinajstić information content (AvgIpc) is 2.70. The number of nitrogens with zero attached hydrogens (tertiary/aromatic N) is 3. The maximum absolute atomic E-state index is 12.6. The molecule has 0 bridgehead atoms. The molecule has 1 fully saturated rings. The fourth-order valence-corrected chi connectivity index (χ4v) is 3.11. The maximum Gasteiger partial charge on any atom is 0.401 e. The lowest BCUT2D eigenvalue weighted by Crippen LogP contribution is -2.38. The van der Waals surface area contributed by atoms with Crippen LogP contribution in [0.25, 0.3) is 0 Å². The Kier molecular flexibility index (Phi) is 6.01. The fraction of sp³-hybridized carbons (Fsp3) is 0.500. The zero-order valence-electron chi connectivity index (χ0n) is 12.6. The van der Waals surface area contributed by atoms with E-state index in [4.69, 9.17) is 0 Å². The van der Waals surface area contributed by atoms with Crippen molar-refractivity contribution in [2.24, 2.45) is 0 Å². The van der Waals surface area contributed by atoms with Crippen LogP contribution >= 0.6 is 22.6 Å². The minimum atomic E-state index is -4.27. The van der Waals surface area contributed by atoms with E-state index in [0.717, 1.165) is 0 Å². The topological polar surface area (TPSA) is 66.7 Å². The number of carbonyl (C=O) groups excluding carboxylic acids is 1. The standard InChI is InChI=1S/C14H15F3IN3O3/c15-14(16,17)9-19-4-1-5-20(7-6-19)13(22)11-8-10(21(23)24)2-3-12(11)18/h2-3,8H,1,4-7,9H2.